The van der Waals surface area contributed by atoms with Crippen LogP contribution in [0.3, 0.4) is 0 Å². The van der Waals surface area contributed by atoms with E-state index in [1.165, 1.54) is 18.4 Å². The van der Waals surface area contributed by atoms with Crippen LogP contribution in [0.2, 0.25) is 0 Å². The lowest BCUT2D eigenvalue weighted by Crippen LogP contribution is -2.26. The Labute approximate surface area is 141 Å². The molecule has 5 heteroatoms. The van der Waals surface area contributed by atoms with E-state index >= 15 is 0 Å². The number of nitrogens with zero attached hydrogens (tertiary/aromatic N) is 3. The fourth-order valence-electron chi connectivity index (χ4n) is 3.38. The molecule has 0 aliphatic carbocycles. The lowest BCUT2D eigenvalue weighted by Gasteiger charge is -2.23. The predicted molar refractivity (Wildman–Crippen MR) is 97.2 cm³/mol. The van der Waals surface area contributed by atoms with E-state index in [1.54, 1.807) is 12.4 Å². The van der Waals surface area contributed by atoms with Gasteiger partial charge in [0.15, 0.2) is 5.82 Å². The first-order chi connectivity index (χ1) is 11.8. The summed E-state index contributed by atoms with van der Waals surface area (Å²) in [6.45, 7) is 2.23. The Morgan fingerprint density at radius 3 is 2.54 bits per heavy atom. The molecule has 1 aliphatic heterocycles. The van der Waals surface area contributed by atoms with Crippen LogP contribution in [0.5, 0.6) is 0 Å². The Morgan fingerprint density at radius 2 is 1.79 bits per heavy atom. The quantitative estimate of drug-likeness (QED) is 0.776. The fourth-order valence-corrected chi connectivity index (χ4v) is 3.38. The Bertz CT molecular complexity index is 838. The zero-order chi connectivity index (χ0) is 16.4. The third kappa shape index (κ3) is 2.83. The van der Waals surface area contributed by atoms with Crippen LogP contribution in [-0.4, -0.2) is 35.1 Å². The van der Waals surface area contributed by atoms with E-state index in [9.17, 15) is 0 Å². The largest absolute Gasteiger partial charge is 0.371 e. The minimum atomic E-state index is 0.670. The molecule has 1 fully saturated rings. The van der Waals surface area contributed by atoms with E-state index < -0.39 is 0 Å². The number of fused-ring (bicyclic) bond motifs is 1. The molecule has 3 aromatic rings. The average molecular weight is 319 g/mol. The summed E-state index contributed by atoms with van der Waals surface area (Å²) < 4.78 is 0. The zero-order valence-corrected chi connectivity index (χ0v) is 13.8. The van der Waals surface area contributed by atoms with E-state index in [1.807, 2.05) is 13.1 Å². The summed E-state index contributed by atoms with van der Waals surface area (Å²) in [6, 6.07) is 10.8. The van der Waals surface area contributed by atoms with Gasteiger partial charge < -0.3 is 10.6 Å². The Hall–Kier alpha value is -2.53. The molecule has 5 nitrogen and oxygen atoms in total. The molecule has 0 saturated carbocycles. The molecule has 1 aromatic carbocycles. The number of pyridine rings is 1. The maximum Gasteiger partial charge on any atom is 0.154 e. The van der Waals surface area contributed by atoms with Gasteiger partial charge in [0.2, 0.25) is 0 Å². The number of aromatic nitrogens is 3. The number of anilines is 1. The van der Waals surface area contributed by atoms with Crippen molar-refractivity contribution in [2.24, 2.45) is 0 Å². The highest BCUT2D eigenvalue weighted by atomic mass is 15.0. The van der Waals surface area contributed by atoms with Crippen molar-refractivity contribution in [3.63, 3.8) is 0 Å². The van der Waals surface area contributed by atoms with Gasteiger partial charge in [-0.1, -0.05) is 24.3 Å². The van der Waals surface area contributed by atoms with Crippen LogP contribution >= 0.6 is 0 Å². The van der Waals surface area contributed by atoms with Crippen LogP contribution in [-0.2, 0) is 0 Å². The number of benzene rings is 1. The van der Waals surface area contributed by atoms with Crippen LogP contribution in [0, 0.1) is 0 Å². The summed E-state index contributed by atoms with van der Waals surface area (Å²) >= 11 is 0. The molecule has 4 rings (SSSR count). The van der Waals surface area contributed by atoms with Crippen LogP contribution in [0.1, 0.15) is 24.3 Å². The van der Waals surface area contributed by atoms with Crippen LogP contribution in [0.15, 0.2) is 42.7 Å². The fraction of sp³-hybridized carbons (Fsp3) is 0.316. The molecule has 0 unspecified atom stereocenters. The van der Waals surface area contributed by atoms with Gasteiger partial charge in [0, 0.05) is 25.0 Å². The summed E-state index contributed by atoms with van der Waals surface area (Å²) in [6.07, 6.45) is 5.84. The number of hydrogen-bond donors (Lipinski definition) is 2. The zero-order valence-electron chi connectivity index (χ0n) is 13.8. The average Bonchev–Trinajstić information content (AvgIpc) is 2.68. The number of piperidine rings is 1. The molecule has 0 amide bonds. The third-order valence-corrected chi connectivity index (χ3v) is 4.71. The summed E-state index contributed by atoms with van der Waals surface area (Å²) in [5.74, 6) is 1.43. The van der Waals surface area contributed by atoms with Crippen molar-refractivity contribution < 1.29 is 0 Å². The van der Waals surface area contributed by atoms with Gasteiger partial charge in [0.05, 0.1) is 11.2 Å². The second kappa shape index (κ2) is 6.53. The predicted octanol–water partition coefficient (Wildman–Crippen LogP) is 3.20. The van der Waals surface area contributed by atoms with Crippen molar-refractivity contribution in [2.75, 3.05) is 25.5 Å². The SMILES string of the molecule is CNc1nc(-c2ccc(C3CCNCC3)cc2)cc2nccnc12. The van der Waals surface area contributed by atoms with Crippen LogP contribution in [0.4, 0.5) is 5.82 Å². The Kier molecular flexibility index (Phi) is 4.09. The van der Waals surface area contributed by atoms with Gasteiger partial charge in [0.25, 0.3) is 0 Å². The summed E-state index contributed by atoms with van der Waals surface area (Å²) in [7, 11) is 1.86. The maximum absolute atomic E-state index is 4.71. The third-order valence-electron chi connectivity index (χ3n) is 4.71. The highest BCUT2D eigenvalue weighted by molar-refractivity contribution is 5.88. The second-order valence-electron chi connectivity index (χ2n) is 6.18. The molecule has 0 spiro atoms. The van der Waals surface area contributed by atoms with Crippen molar-refractivity contribution in [2.45, 2.75) is 18.8 Å². The van der Waals surface area contributed by atoms with Gasteiger partial charge >= 0.3 is 0 Å². The van der Waals surface area contributed by atoms with E-state index in [2.05, 4.69) is 44.9 Å². The number of rotatable bonds is 3. The van der Waals surface area contributed by atoms with E-state index in [0.29, 0.717) is 5.92 Å². The highest BCUT2D eigenvalue weighted by Crippen LogP contribution is 2.29. The molecular weight excluding hydrogens is 298 g/mol. The topological polar surface area (TPSA) is 62.7 Å². The van der Waals surface area contributed by atoms with Crippen molar-refractivity contribution in [3.8, 4) is 11.3 Å². The van der Waals surface area contributed by atoms with Gasteiger partial charge in [0.1, 0.15) is 5.52 Å². The van der Waals surface area contributed by atoms with Crippen molar-refractivity contribution in [1.82, 2.24) is 20.3 Å². The summed E-state index contributed by atoms with van der Waals surface area (Å²) in [5, 5.41) is 6.54. The second-order valence-corrected chi connectivity index (χ2v) is 6.18. The lowest BCUT2D eigenvalue weighted by atomic mass is 9.89. The van der Waals surface area contributed by atoms with Crippen molar-refractivity contribution in [3.05, 3.63) is 48.3 Å². The van der Waals surface area contributed by atoms with E-state index in [4.69, 9.17) is 4.98 Å². The molecule has 3 heterocycles. The molecule has 1 saturated heterocycles. The van der Waals surface area contributed by atoms with Crippen molar-refractivity contribution in [1.29, 1.82) is 0 Å². The standard InChI is InChI=1S/C19H21N5/c1-20-19-18-17(22-10-11-23-18)12-16(24-19)15-4-2-13(3-5-15)14-6-8-21-9-7-14/h2-5,10-12,14,21H,6-9H2,1H3,(H,20,24). The molecule has 0 bridgehead atoms. The molecular formula is C19H21N5. The smallest absolute Gasteiger partial charge is 0.154 e. The van der Waals surface area contributed by atoms with Gasteiger partial charge in [-0.2, -0.15) is 0 Å². The van der Waals surface area contributed by atoms with Crippen LogP contribution < -0.4 is 10.6 Å². The molecule has 0 atom stereocenters. The van der Waals surface area contributed by atoms with Crippen LogP contribution in [0.25, 0.3) is 22.3 Å². The van der Waals surface area contributed by atoms with E-state index in [-0.39, 0.29) is 0 Å². The summed E-state index contributed by atoms with van der Waals surface area (Å²) in [4.78, 5) is 13.5. The van der Waals surface area contributed by atoms with Crippen molar-refractivity contribution >= 4 is 16.9 Å². The monoisotopic (exact) mass is 319 g/mol. The Morgan fingerprint density at radius 1 is 1.04 bits per heavy atom. The molecule has 122 valence electrons. The normalized spacial score (nSPS) is 15.5. The van der Waals surface area contributed by atoms with Gasteiger partial charge in [-0.05, 0) is 43.5 Å². The molecule has 24 heavy (non-hydrogen) atoms. The first-order valence-electron chi connectivity index (χ1n) is 8.46. The van der Waals surface area contributed by atoms with Gasteiger partial charge in [-0.25, -0.2) is 9.97 Å². The number of nitrogens with one attached hydrogen (secondary N) is 2. The lowest BCUT2D eigenvalue weighted by molar-refractivity contribution is 0.460. The minimum Gasteiger partial charge on any atom is -0.371 e. The number of hydrogen-bond acceptors (Lipinski definition) is 5. The first-order valence-corrected chi connectivity index (χ1v) is 8.46. The van der Waals surface area contributed by atoms with Gasteiger partial charge in [-0.15, -0.1) is 0 Å². The molecule has 1 aliphatic rings. The summed E-state index contributed by atoms with van der Waals surface area (Å²) in [5.41, 5.74) is 5.11. The molecule has 2 N–H and O–H groups in total. The maximum atomic E-state index is 4.71. The molecule has 2 aromatic heterocycles. The highest BCUT2D eigenvalue weighted by Gasteiger charge is 2.15. The Balaban J connectivity index is 1.69. The van der Waals surface area contributed by atoms with E-state index in [0.717, 1.165) is 41.2 Å². The molecule has 0 radical (unpaired) electrons. The minimum absolute atomic E-state index is 0.670. The van der Waals surface area contributed by atoms with Gasteiger partial charge in [-0.3, -0.25) is 4.98 Å². The first kappa shape index (κ1) is 15.0.